The Morgan fingerprint density at radius 2 is 1.85 bits per heavy atom. The molecule has 7 nitrogen and oxygen atoms in total. The van der Waals surface area contributed by atoms with Gasteiger partial charge in [-0.1, -0.05) is 56.5 Å². The molecule has 1 fully saturated rings. The highest BCUT2D eigenvalue weighted by atomic mass is 19.4. The third-order valence-electron chi connectivity index (χ3n) is 6.25. The van der Waals surface area contributed by atoms with Crippen molar-refractivity contribution in [1.82, 2.24) is 15.1 Å². The fourth-order valence-corrected chi connectivity index (χ4v) is 4.30. The number of amides is 1. The number of carboxylic acids is 1. The van der Waals surface area contributed by atoms with Crippen LogP contribution in [0.3, 0.4) is 0 Å². The molecule has 2 N–H and O–H groups in total. The van der Waals surface area contributed by atoms with Crippen molar-refractivity contribution < 1.29 is 32.6 Å². The van der Waals surface area contributed by atoms with E-state index in [9.17, 15) is 18.0 Å². The molecule has 1 unspecified atom stereocenters. The maximum Gasteiger partial charge on any atom is 0.490 e. The van der Waals surface area contributed by atoms with Crippen molar-refractivity contribution in [3.05, 3.63) is 53.3 Å². The van der Waals surface area contributed by atoms with E-state index in [4.69, 9.17) is 19.7 Å². The number of alkyl halides is 3. The lowest BCUT2D eigenvalue weighted by molar-refractivity contribution is -0.192. The maximum atomic E-state index is 12.7. The zero-order chi connectivity index (χ0) is 24.8. The number of rotatable bonds is 5. The number of fused-ring (bicyclic) bond motifs is 1. The number of benzene rings is 1. The van der Waals surface area contributed by atoms with Gasteiger partial charge in [0.15, 0.2) is 0 Å². The van der Waals surface area contributed by atoms with Gasteiger partial charge in [0.05, 0.1) is 18.8 Å². The Morgan fingerprint density at radius 3 is 2.47 bits per heavy atom. The summed E-state index contributed by atoms with van der Waals surface area (Å²) in [6.07, 6.45) is 3.30. The highest BCUT2D eigenvalue weighted by Gasteiger charge is 2.38. The molecule has 1 atom stereocenters. The van der Waals surface area contributed by atoms with Gasteiger partial charge in [0, 0.05) is 18.2 Å². The third kappa shape index (κ3) is 6.82. The van der Waals surface area contributed by atoms with E-state index in [1.807, 2.05) is 22.9 Å². The normalized spacial score (nSPS) is 19.4. The van der Waals surface area contributed by atoms with Crippen LogP contribution in [0, 0.1) is 5.41 Å². The molecule has 1 aliphatic heterocycles. The van der Waals surface area contributed by atoms with Crippen molar-refractivity contribution in [2.75, 3.05) is 13.2 Å². The largest absolute Gasteiger partial charge is 0.490 e. The van der Waals surface area contributed by atoms with Gasteiger partial charge in [-0.25, -0.2) is 4.79 Å². The molecular weight excluding hydrogens is 451 g/mol. The molecule has 0 bridgehead atoms. The van der Waals surface area contributed by atoms with E-state index in [0.29, 0.717) is 13.2 Å². The predicted octanol–water partition coefficient (Wildman–Crippen LogP) is 4.27. The average Bonchev–Trinajstić information content (AvgIpc) is 3.21. The molecule has 1 aromatic carbocycles. The molecule has 2 aromatic rings. The number of carbonyl (C=O) groups is 2. The van der Waals surface area contributed by atoms with Crippen LogP contribution >= 0.6 is 0 Å². The lowest BCUT2D eigenvalue weighted by Gasteiger charge is -2.33. The Balaban J connectivity index is 0.000000406. The van der Waals surface area contributed by atoms with E-state index in [2.05, 4.69) is 30.6 Å². The van der Waals surface area contributed by atoms with Gasteiger partial charge in [0.1, 0.15) is 6.10 Å². The van der Waals surface area contributed by atoms with Gasteiger partial charge in [-0.2, -0.15) is 18.3 Å². The number of aliphatic carboxylic acids is 1. The first-order chi connectivity index (χ1) is 16.1. The summed E-state index contributed by atoms with van der Waals surface area (Å²) < 4.78 is 39.7. The predicted molar refractivity (Wildman–Crippen MR) is 118 cm³/mol. The van der Waals surface area contributed by atoms with E-state index in [0.717, 1.165) is 44.3 Å². The number of aromatic nitrogens is 2. The molecule has 2 aliphatic rings. The summed E-state index contributed by atoms with van der Waals surface area (Å²) in [5.74, 6) is -2.59. The van der Waals surface area contributed by atoms with E-state index >= 15 is 0 Å². The quantitative estimate of drug-likeness (QED) is 0.666. The summed E-state index contributed by atoms with van der Waals surface area (Å²) in [4.78, 5) is 21.6. The first kappa shape index (κ1) is 25.7. The lowest BCUT2D eigenvalue weighted by atomic mass is 9.75. The zero-order valence-electron chi connectivity index (χ0n) is 19.1. The van der Waals surface area contributed by atoms with Crippen LogP contribution in [0.5, 0.6) is 0 Å². The standard InChI is InChI=1S/C22H29N3O2.C2HF3O2/c1-22(11-6-3-7-12-22)21(26)23-14-19-20-18(10-13-27-19)16-25(24-20)15-17-8-4-2-5-9-17;3-2(4,5)1(6)7/h2,4-5,8-9,16,19H,3,6-7,10-15H2,1H3,(H,23,26);(H,6,7). The SMILES string of the molecule is CC1(C(=O)NCC2OCCc3cn(Cc4ccccc4)nc32)CCCCC1.O=C(O)C(F)(F)F. The van der Waals surface area contributed by atoms with Gasteiger partial charge >= 0.3 is 12.1 Å². The van der Waals surface area contributed by atoms with E-state index in [1.54, 1.807) is 0 Å². The fraction of sp³-hybridized carbons (Fsp3) is 0.542. The van der Waals surface area contributed by atoms with Crippen LogP contribution in [0.25, 0.3) is 0 Å². The molecule has 186 valence electrons. The van der Waals surface area contributed by atoms with Crippen molar-refractivity contribution in [3.63, 3.8) is 0 Å². The highest BCUT2D eigenvalue weighted by molar-refractivity contribution is 5.82. The van der Waals surface area contributed by atoms with E-state index in [1.165, 1.54) is 17.5 Å². The lowest BCUT2D eigenvalue weighted by Crippen LogP contribution is -2.42. The Kier molecular flexibility index (Phi) is 8.35. The summed E-state index contributed by atoms with van der Waals surface area (Å²) in [5, 5.41) is 15.0. The Morgan fingerprint density at radius 1 is 1.21 bits per heavy atom. The van der Waals surface area contributed by atoms with Gasteiger partial charge in [0.2, 0.25) is 5.91 Å². The second-order valence-corrected chi connectivity index (χ2v) is 8.97. The molecule has 34 heavy (non-hydrogen) atoms. The topological polar surface area (TPSA) is 93.5 Å². The minimum atomic E-state index is -5.08. The summed E-state index contributed by atoms with van der Waals surface area (Å²) in [6, 6.07) is 10.3. The zero-order valence-corrected chi connectivity index (χ0v) is 19.1. The van der Waals surface area contributed by atoms with Crippen LogP contribution in [0.1, 0.15) is 62.0 Å². The van der Waals surface area contributed by atoms with Crippen molar-refractivity contribution in [2.45, 2.75) is 64.3 Å². The second kappa shape index (κ2) is 11.0. The number of carboxylic acid groups (broad SMARTS) is 1. The van der Waals surface area contributed by atoms with Crippen LogP contribution in [0.15, 0.2) is 36.5 Å². The molecule has 0 spiro atoms. The molecule has 1 aromatic heterocycles. The number of ether oxygens (including phenoxy) is 1. The first-order valence-corrected chi connectivity index (χ1v) is 11.4. The van der Waals surface area contributed by atoms with Crippen LogP contribution in [0.2, 0.25) is 0 Å². The highest BCUT2D eigenvalue weighted by Crippen LogP contribution is 2.36. The van der Waals surface area contributed by atoms with Gasteiger partial charge in [0.25, 0.3) is 0 Å². The summed E-state index contributed by atoms with van der Waals surface area (Å²) >= 11 is 0. The molecule has 1 amide bonds. The third-order valence-corrected chi connectivity index (χ3v) is 6.25. The fourth-order valence-electron chi connectivity index (χ4n) is 4.30. The minimum absolute atomic E-state index is 0.151. The Hall–Kier alpha value is -2.88. The smallest absolute Gasteiger partial charge is 0.475 e. The number of carbonyl (C=O) groups excluding carboxylic acids is 1. The van der Waals surface area contributed by atoms with Crippen LogP contribution in [0.4, 0.5) is 13.2 Å². The van der Waals surface area contributed by atoms with Crippen LogP contribution in [-0.2, 0) is 27.3 Å². The molecular formula is C24H30F3N3O4. The Bertz CT molecular complexity index is 970. The van der Waals surface area contributed by atoms with Gasteiger partial charge in [-0.3, -0.25) is 9.48 Å². The number of hydrogen-bond donors (Lipinski definition) is 2. The monoisotopic (exact) mass is 481 g/mol. The van der Waals surface area contributed by atoms with E-state index in [-0.39, 0.29) is 17.4 Å². The van der Waals surface area contributed by atoms with Gasteiger partial charge in [-0.15, -0.1) is 0 Å². The molecule has 1 aliphatic carbocycles. The molecule has 10 heteroatoms. The average molecular weight is 482 g/mol. The number of halogens is 3. The minimum Gasteiger partial charge on any atom is -0.475 e. The number of nitrogens with zero attached hydrogens (tertiary/aromatic N) is 2. The van der Waals surface area contributed by atoms with Crippen molar-refractivity contribution in [1.29, 1.82) is 0 Å². The molecule has 0 saturated heterocycles. The molecule has 1 saturated carbocycles. The Labute approximate surface area is 196 Å². The summed E-state index contributed by atoms with van der Waals surface area (Å²) in [7, 11) is 0. The van der Waals surface area contributed by atoms with Crippen LogP contribution in [-0.4, -0.2) is 46.1 Å². The molecule has 4 rings (SSSR count). The molecule has 0 radical (unpaired) electrons. The van der Waals surface area contributed by atoms with Gasteiger partial charge < -0.3 is 15.2 Å². The summed E-state index contributed by atoms with van der Waals surface area (Å²) in [5.41, 5.74) is 3.22. The van der Waals surface area contributed by atoms with Crippen LogP contribution < -0.4 is 5.32 Å². The van der Waals surface area contributed by atoms with Gasteiger partial charge in [-0.05, 0) is 30.4 Å². The number of hydrogen-bond acceptors (Lipinski definition) is 4. The number of nitrogens with one attached hydrogen (secondary N) is 1. The van der Waals surface area contributed by atoms with Crippen molar-refractivity contribution in [2.24, 2.45) is 5.41 Å². The van der Waals surface area contributed by atoms with Crippen molar-refractivity contribution in [3.8, 4) is 0 Å². The van der Waals surface area contributed by atoms with Crippen molar-refractivity contribution >= 4 is 11.9 Å². The second-order valence-electron chi connectivity index (χ2n) is 8.97. The van der Waals surface area contributed by atoms with E-state index < -0.39 is 12.1 Å². The molecule has 2 heterocycles. The first-order valence-electron chi connectivity index (χ1n) is 11.4. The maximum absolute atomic E-state index is 12.7. The summed E-state index contributed by atoms with van der Waals surface area (Å²) in [6.45, 7) is 4.04.